The predicted octanol–water partition coefficient (Wildman–Crippen LogP) is 1.71. The standard InChI is InChI=1S/C26H32N6O6S2/c1-28-39(33,34)22-5-2-4-21(12-22)37-11-3-8-29-20-14-26(38-18-20)6-9-32(10-7-26)40(35,36)23-13-24-19(15-27)16-30-25(24)31-17-23/h2,4-5,12-13,16-17,20,28-29H,3,6-11,14,18H2,1H3,(H,30,31)/t20-/m1/s1. The smallest absolute Gasteiger partial charge is 0.244 e. The summed E-state index contributed by atoms with van der Waals surface area (Å²) in [5, 5.41) is 13.3. The summed E-state index contributed by atoms with van der Waals surface area (Å²) in [6.07, 6.45) is 5.58. The van der Waals surface area contributed by atoms with Gasteiger partial charge in [-0.15, -0.1) is 0 Å². The Morgan fingerprint density at radius 2 is 2.02 bits per heavy atom. The van der Waals surface area contributed by atoms with Gasteiger partial charge in [0.2, 0.25) is 20.0 Å². The first-order valence-corrected chi connectivity index (χ1v) is 16.0. The van der Waals surface area contributed by atoms with Gasteiger partial charge in [0.15, 0.2) is 0 Å². The number of hydrogen-bond donors (Lipinski definition) is 3. The Kier molecular flexibility index (Phi) is 8.14. The number of sulfonamides is 2. The van der Waals surface area contributed by atoms with Gasteiger partial charge in [-0.25, -0.2) is 26.5 Å². The molecule has 0 aliphatic carbocycles. The van der Waals surface area contributed by atoms with Crippen LogP contribution in [0.1, 0.15) is 31.2 Å². The van der Waals surface area contributed by atoms with Crippen molar-refractivity contribution in [3.63, 3.8) is 0 Å². The van der Waals surface area contributed by atoms with E-state index in [0.717, 1.165) is 12.8 Å². The van der Waals surface area contributed by atoms with Gasteiger partial charge in [-0.3, -0.25) is 0 Å². The Bertz CT molecular complexity index is 1620. The third-order valence-electron chi connectivity index (χ3n) is 7.51. The summed E-state index contributed by atoms with van der Waals surface area (Å²) < 4.78 is 66.2. The summed E-state index contributed by atoms with van der Waals surface area (Å²) in [6, 6.07) is 10.1. The van der Waals surface area contributed by atoms with Gasteiger partial charge in [0, 0.05) is 43.0 Å². The van der Waals surface area contributed by atoms with Crippen LogP contribution in [-0.2, 0) is 24.8 Å². The van der Waals surface area contributed by atoms with Crippen molar-refractivity contribution in [1.82, 2.24) is 24.3 Å². The number of aromatic nitrogens is 2. The van der Waals surface area contributed by atoms with E-state index in [1.54, 1.807) is 12.1 Å². The summed E-state index contributed by atoms with van der Waals surface area (Å²) in [5.41, 5.74) is 0.485. The summed E-state index contributed by atoms with van der Waals surface area (Å²) >= 11 is 0. The van der Waals surface area contributed by atoms with Gasteiger partial charge in [0.25, 0.3) is 0 Å². The molecule has 1 atom stereocenters. The van der Waals surface area contributed by atoms with Crippen LogP contribution in [0, 0.1) is 11.3 Å². The molecular weight excluding hydrogens is 556 g/mol. The SMILES string of the molecule is CNS(=O)(=O)c1cccc(OCCCN[C@H]2COC3(CCN(S(=O)(=O)c4cnc5[nH]cc(C#N)c5c4)CC3)C2)c1. The molecule has 0 amide bonds. The first kappa shape index (κ1) is 28.5. The van der Waals surface area contributed by atoms with Gasteiger partial charge >= 0.3 is 0 Å². The number of pyridine rings is 1. The average molecular weight is 589 g/mol. The monoisotopic (exact) mass is 588 g/mol. The lowest BCUT2D eigenvalue weighted by Gasteiger charge is -2.38. The molecule has 0 unspecified atom stereocenters. The van der Waals surface area contributed by atoms with E-state index >= 15 is 0 Å². The number of piperidine rings is 1. The zero-order chi connectivity index (χ0) is 28.4. The number of nitrogens with zero attached hydrogens (tertiary/aromatic N) is 3. The zero-order valence-electron chi connectivity index (χ0n) is 22.1. The van der Waals surface area contributed by atoms with Gasteiger partial charge in [-0.1, -0.05) is 6.07 Å². The molecule has 214 valence electrons. The van der Waals surface area contributed by atoms with E-state index in [0.29, 0.717) is 68.0 Å². The van der Waals surface area contributed by atoms with Crippen molar-refractivity contribution in [2.75, 3.05) is 39.9 Å². The van der Waals surface area contributed by atoms with Crippen molar-refractivity contribution >= 4 is 31.1 Å². The van der Waals surface area contributed by atoms with Crippen molar-refractivity contribution in [1.29, 1.82) is 5.26 Å². The molecule has 40 heavy (non-hydrogen) atoms. The third kappa shape index (κ3) is 5.85. The molecule has 14 heteroatoms. The molecule has 0 saturated carbocycles. The third-order valence-corrected chi connectivity index (χ3v) is 10.8. The average Bonchev–Trinajstić information content (AvgIpc) is 3.56. The molecule has 2 aliphatic heterocycles. The molecule has 3 N–H and O–H groups in total. The largest absolute Gasteiger partial charge is 0.494 e. The lowest BCUT2D eigenvalue weighted by Crippen LogP contribution is -2.46. The fourth-order valence-electron chi connectivity index (χ4n) is 5.24. The minimum atomic E-state index is -3.75. The molecule has 5 rings (SSSR count). The van der Waals surface area contributed by atoms with Crippen LogP contribution in [0.2, 0.25) is 0 Å². The normalized spacial score (nSPS) is 19.6. The van der Waals surface area contributed by atoms with Crippen LogP contribution < -0.4 is 14.8 Å². The van der Waals surface area contributed by atoms with Gasteiger partial charge < -0.3 is 19.8 Å². The number of fused-ring (bicyclic) bond motifs is 1. The van der Waals surface area contributed by atoms with Crippen LogP contribution in [0.25, 0.3) is 11.0 Å². The fourth-order valence-corrected chi connectivity index (χ4v) is 7.42. The van der Waals surface area contributed by atoms with E-state index in [1.165, 1.54) is 41.9 Å². The lowest BCUT2D eigenvalue weighted by molar-refractivity contribution is -0.0311. The zero-order valence-corrected chi connectivity index (χ0v) is 23.7. The van der Waals surface area contributed by atoms with Crippen molar-refractivity contribution in [3.8, 4) is 11.8 Å². The van der Waals surface area contributed by atoms with Crippen LogP contribution in [0.5, 0.6) is 5.75 Å². The van der Waals surface area contributed by atoms with Gasteiger partial charge in [-0.2, -0.15) is 9.57 Å². The first-order chi connectivity index (χ1) is 19.2. The van der Waals surface area contributed by atoms with Gasteiger partial charge in [0.05, 0.1) is 29.3 Å². The molecule has 3 aromatic rings. The predicted molar refractivity (Wildman–Crippen MR) is 147 cm³/mol. The van der Waals surface area contributed by atoms with E-state index in [2.05, 4.69) is 26.1 Å². The van der Waals surface area contributed by atoms with Crippen molar-refractivity contribution in [2.24, 2.45) is 0 Å². The van der Waals surface area contributed by atoms with E-state index < -0.39 is 20.0 Å². The number of rotatable bonds is 10. The van der Waals surface area contributed by atoms with Crippen LogP contribution in [0.4, 0.5) is 0 Å². The molecule has 2 fully saturated rings. The lowest BCUT2D eigenvalue weighted by atomic mass is 9.88. The molecular formula is C26H32N6O6S2. The van der Waals surface area contributed by atoms with Crippen molar-refractivity contribution in [3.05, 3.63) is 48.3 Å². The second-order valence-corrected chi connectivity index (χ2v) is 13.8. The highest BCUT2D eigenvalue weighted by Gasteiger charge is 2.44. The Balaban J connectivity index is 1.08. The van der Waals surface area contributed by atoms with E-state index in [-0.39, 0.29) is 21.4 Å². The molecule has 0 bridgehead atoms. The number of benzene rings is 1. The summed E-state index contributed by atoms with van der Waals surface area (Å²) in [6.45, 7) is 2.39. The second kappa shape index (κ2) is 11.4. The minimum absolute atomic E-state index is 0.0801. The number of nitrogens with one attached hydrogen (secondary N) is 3. The number of aromatic amines is 1. The molecule has 2 aliphatic rings. The highest BCUT2D eigenvalue weighted by atomic mass is 32.2. The summed E-state index contributed by atoms with van der Waals surface area (Å²) in [5.74, 6) is 0.496. The number of H-pyrrole nitrogens is 1. The summed E-state index contributed by atoms with van der Waals surface area (Å²) in [4.78, 5) is 7.30. The molecule has 4 heterocycles. The van der Waals surface area contributed by atoms with Crippen molar-refractivity contribution < 1.29 is 26.3 Å². The molecule has 2 aromatic heterocycles. The number of ether oxygens (including phenoxy) is 2. The van der Waals surface area contributed by atoms with Crippen LogP contribution in [0.3, 0.4) is 0 Å². The molecule has 2 saturated heterocycles. The maximum Gasteiger partial charge on any atom is 0.244 e. The topological polar surface area (TPSA) is 167 Å². The van der Waals surface area contributed by atoms with Gasteiger partial charge in [0.1, 0.15) is 22.4 Å². The Morgan fingerprint density at radius 1 is 1.23 bits per heavy atom. The molecule has 0 radical (unpaired) electrons. The van der Waals surface area contributed by atoms with Crippen LogP contribution >= 0.6 is 0 Å². The Hall–Kier alpha value is -3.06. The van der Waals surface area contributed by atoms with Crippen LogP contribution in [0.15, 0.2) is 52.5 Å². The van der Waals surface area contributed by atoms with E-state index in [4.69, 9.17) is 9.47 Å². The van der Waals surface area contributed by atoms with E-state index in [9.17, 15) is 22.1 Å². The first-order valence-electron chi connectivity index (χ1n) is 13.1. The molecule has 1 aromatic carbocycles. The number of hydrogen-bond acceptors (Lipinski definition) is 9. The van der Waals surface area contributed by atoms with Crippen LogP contribution in [-0.4, -0.2) is 82.6 Å². The van der Waals surface area contributed by atoms with Crippen molar-refractivity contribution in [2.45, 2.75) is 47.1 Å². The second-order valence-electron chi connectivity index (χ2n) is 10.0. The number of nitriles is 1. The highest BCUT2D eigenvalue weighted by Crippen LogP contribution is 2.37. The van der Waals surface area contributed by atoms with Gasteiger partial charge in [-0.05, 0) is 57.5 Å². The maximum atomic E-state index is 13.3. The molecule has 1 spiro atoms. The Morgan fingerprint density at radius 3 is 2.77 bits per heavy atom. The Labute approximate surface area is 233 Å². The fraction of sp³-hybridized carbons (Fsp3) is 0.462. The minimum Gasteiger partial charge on any atom is -0.494 e. The summed E-state index contributed by atoms with van der Waals surface area (Å²) in [7, 11) is -5.90. The maximum absolute atomic E-state index is 13.3. The molecule has 12 nitrogen and oxygen atoms in total. The highest BCUT2D eigenvalue weighted by molar-refractivity contribution is 7.89. The van der Waals surface area contributed by atoms with E-state index in [1.807, 2.05) is 0 Å². The quantitative estimate of drug-likeness (QED) is 0.299.